The summed E-state index contributed by atoms with van der Waals surface area (Å²) in [5.41, 5.74) is 4.29. The van der Waals surface area contributed by atoms with Crippen LogP contribution in [0.3, 0.4) is 0 Å². The first kappa shape index (κ1) is 16.8. The molecule has 0 N–H and O–H groups in total. The van der Waals surface area contributed by atoms with E-state index in [0.717, 1.165) is 32.9 Å². The molecule has 0 aliphatic carbocycles. The van der Waals surface area contributed by atoms with Crippen molar-refractivity contribution in [3.05, 3.63) is 72.1 Å². The average molecular weight is 392 g/mol. The highest BCUT2D eigenvalue weighted by Crippen LogP contribution is 2.49. The van der Waals surface area contributed by atoms with E-state index in [1.54, 1.807) is 0 Å². The Labute approximate surface area is 161 Å². The average Bonchev–Trinajstić information content (AvgIpc) is 3.06. The van der Waals surface area contributed by atoms with Gasteiger partial charge < -0.3 is 9.13 Å². The second kappa shape index (κ2) is 5.98. The van der Waals surface area contributed by atoms with Gasteiger partial charge in [0.15, 0.2) is 0 Å². The molecule has 0 unspecified atom stereocenters. The third kappa shape index (κ3) is 2.73. The third-order valence-electron chi connectivity index (χ3n) is 4.80. The van der Waals surface area contributed by atoms with Crippen molar-refractivity contribution in [1.82, 2.24) is 9.13 Å². The van der Waals surface area contributed by atoms with Crippen LogP contribution >= 0.6 is 34.8 Å². The number of alkyl halides is 3. The van der Waals surface area contributed by atoms with E-state index in [1.807, 2.05) is 38.4 Å². The summed E-state index contributed by atoms with van der Waals surface area (Å²) >= 11 is 19.5. The predicted molar refractivity (Wildman–Crippen MR) is 108 cm³/mol. The number of halogens is 3. The Balaban J connectivity index is 2.04. The van der Waals surface area contributed by atoms with Crippen molar-refractivity contribution in [2.24, 2.45) is 14.1 Å². The molecular formula is C20H17Cl3N2. The zero-order valence-electron chi connectivity index (χ0n) is 13.9. The molecule has 2 heterocycles. The maximum atomic E-state index is 6.50. The number of fused-ring (bicyclic) bond motifs is 2. The van der Waals surface area contributed by atoms with Gasteiger partial charge in [-0.15, -0.1) is 0 Å². The van der Waals surface area contributed by atoms with Gasteiger partial charge in [0.05, 0.1) is 5.92 Å². The lowest BCUT2D eigenvalue weighted by molar-refractivity contribution is 0.830. The Bertz CT molecular complexity index is 990. The molecule has 0 bridgehead atoms. The summed E-state index contributed by atoms with van der Waals surface area (Å²) in [4.78, 5) is 0. The smallest absolute Gasteiger partial charge is 0.201 e. The van der Waals surface area contributed by atoms with Gasteiger partial charge in [-0.1, -0.05) is 71.2 Å². The van der Waals surface area contributed by atoms with E-state index in [9.17, 15) is 0 Å². The fourth-order valence-electron chi connectivity index (χ4n) is 3.73. The standard InChI is InChI=1S/C20H17Cl3N2/c1-24-11-15(13-7-3-5-9-17(13)24)19(20(21,22)23)16-12-25(2)18-10-6-4-8-14(16)18/h3-12,19H,1-2H3. The van der Waals surface area contributed by atoms with Gasteiger partial charge in [-0.2, -0.15) is 0 Å². The molecule has 0 amide bonds. The molecule has 2 aromatic carbocycles. The highest BCUT2D eigenvalue weighted by Gasteiger charge is 2.38. The SMILES string of the molecule is Cn1cc(C(c2cn(C)c3ccccc23)C(Cl)(Cl)Cl)c2ccccc21. The van der Waals surface area contributed by atoms with Crippen molar-refractivity contribution >= 4 is 56.6 Å². The Morgan fingerprint density at radius 3 is 1.52 bits per heavy atom. The van der Waals surface area contributed by atoms with Gasteiger partial charge >= 0.3 is 0 Å². The summed E-state index contributed by atoms with van der Waals surface area (Å²) in [5, 5.41) is 2.21. The van der Waals surface area contributed by atoms with Gasteiger partial charge in [-0.05, 0) is 23.3 Å². The molecule has 0 spiro atoms. The molecule has 128 valence electrons. The molecule has 25 heavy (non-hydrogen) atoms. The second-order valence-electron chi connectivity index (χ2n) is 6.40. The zero-order chi connectivity index (χ0) is 17.8. The predicted octanol–water partition coefficient (Wildman–Crippen LogP) is 6.17. The molecular weight excluding hydrogens is 375 g/mol. The number of hydrogen-bond acceptors (Lipinski definition) is 0. The van der Waals surface area contributed by atoms with Gasteiger partial charge in [-0.25, -0.2) is 0 Å². The summed E-state index contributed by atoms with van der Waals surface area (Å²) < 4.78 is 2.70. The molecule has 4 rings (SSSR count). The minimum absolute atomic E-state index is 0.366. The molecule has 0 aliphatic rings. The number of hydrogen-bond donors (Lipinski definition) is 0. The van der Waals surface area contributed by atoms with Crippen LogP contribution < -0.4 is 0 Å². The van der Waals surface area contributed by atoms with Crippen LogP contribution in [0.2, 0.25) is 0 Å². The number of aromatic nitrogens is 2. The topological polar surface area (TPSA) is 9.86 Å². The molecule has 0 aliphatic heterocycles. The zero-order valence-corrected chi connectivity index (χ0v) is 16.1. The van der Waals surface area contributed by atoms with Crippen LogP contribution in [0.1, 0.15) is 17.0 Å². The minimum Gasteiger partial charge on any atom is -0.350 e. The van der Waals surface area contributed by atoms with Crippen LogP contribution in [-0.4, -0.2) is 12.9 Å². The lowest BCUT2D eigenvalue weighted by Gasteiger charge is -2.24. The van der Waals surface area contributed by atoms with Crippen LogP contribution in [0.5, 0.6) is 0 Å². The van der Waals surface area contributed by atoms with Gasteiger partial charge in [-0.3, -0.25) is 0 Å². The third-order valence-corrected chi connectivity index (χ3v) is 5.46. The van der Waals surface area contributed by atoms with Crippen LogP contribution in [0, 0.1) is 0 Å². The highest BCUT2D eigenvalue weighted by atomic mass is 35.6. The van der Waals surface area contributed by atoms with Crippen molar-refractivity contribution in [2.75, 3.05) is 0 Å². The van der Waals surface area contributed by atoms with E-state index in [0.29, 0.717) is 0 Å². The molecule has 2 aromatic heterocycles. The summed E-state index contributed by atoms with van der Waals surface area (Å²) in [6.45, 7) is 0. The number of para-hydroxylation sites is 2. The number of nitrogens with zero attached hydrogens (tertiary/aromatic N) is 2. The van der Waals surface area contributed by atoms with Gasteiger partial charge in [0.2, 0.25) is 3.79 Å². The van der Waals surface area contributed by atoms with E-state index in [-0.39, 0.29) is 5.92 Å². The number of rotatable bonds is 2. The molecule has 0 radical (unpaired) electrons. The first-order valence-electron chi connectivity index (χ1n) is 8.02. The van der Waals surface area contributed by atoms with Crippen molar-refractivity contribution < 1.29 is 0 Å². The van der Waals surface area contributed by atoms with Crippen LogP contribution in [0.15, 0.2) is 60.9 Å². The summed E-state index contributed by atoms with van der Waals surface area (Å²) in [6, 6.07) is 16.4. The molecule has 0 fully saturated rings. The van der Waals surface area contributed by atoms with Crippen LogP contribution in [0.4, 0.5) is 0 Å². The molecule has 0 saturated heterocycles. The summed E-state index contributed by atoms with van der Waals surface area (Å²) in [6.07, 6.45) is 4.14. The maximum absolute atomic E-state index is 6.50. The van der Waals surface area contributed by atoms with Crippen LogP contribution in [0.25, 0.3) is 21.8 Å². The van der Waals surface area contributed by atoms with E-state index >= 15 is 0 Å². The number of benzene rings is 2. The quantitative estimate of drug-likeness (QED) is 0.361. The maximum Gasteiger partial charge on any atom is 0.201 e. The van der Waals surface area contributed by atoms with Gasteiger partial charge in [0.1, 0.15) is 0 Å². The van der Waals surface area contributed by atoms with E-state index < -0.39 is 3.79 Å². The lowest BCUT2D eigenvalue weighted by Crippen LogP contribution is -2.18. The van der Waals surface area contributed by atoms with E-state index in [2.05, 4.69) is 45.8 Å². The highest BCUT2D eigenvalue weighted by molar-refractivity contribution is 6.68. The molecule has 0 saturated carbocycles. The lowest BCUT2D eigenvalue weighted by atomic mass is 9.92. The number of aryl methyl sites for hydroxylation is 2. The normalized spacial score (nSPS) is 12.6. The fourth-order valence-corrected chi connectivity index (χ4v) is 4.43. The molecule has 0 atom stereocenters. The Kier molecular flexibility index (Phi) is 4.03. The van der Waals surface area contributed by atoms with E-state index in [1.165, 1.54) is 0 Å². The van der Waals surface area contributed by atoms with Crippen molar-refractivity contribution in [1.29, 1.82) is 0 Å². The Morgan fingerprint density at radius 2 is 1.12 bits per heavy atom. The minimum atomic E-state index is -1.46. The van der Waals surface area contributed by atoms with Crippen molar-refractivity contribution in [2.45, 2.75) is 9.71 Å². The Morgan fingerprint density at radius 1 is 0.720 bits per heavy atom. The first-order chi connectivity index (χ1) is 11.9. The first-order valence-corrected chi connectivity index (χ1v) is 9.16. The van der Waals surface area contributed by atoms with Gasteiger partial charge in [0, 0.05) is 48.3 Å². The van der Waals surface area contributed by atoms with Crippen molar-refractivity contribution in [3.8, 4) is 0 Å². The summed E-state index contributed by atoms with van der Waals surface area (Å²) in [7, 11) is 4.04. The summed E-state index contributed by atoms with van der Waals surface area (Å²) in [5.74, 6) is -0.366. The monoisotopic (exact) mass is 390 g/mol. The van der Waals surface area contributed by atoms with E-state index in [4.69, 9.17) is 34.8 Å². The Hall–Kier alpha value is -1.61. The largest absolute Gasteiger partial charge is 0.350 e. The molecule has 4 aromatic rings. The van der Waals surface area contributed by atoms with Crippen molar-refractivity contribution in [3.63, 3.8) is 0 Å². The van der Waals surface area contributed by atoms with Gasteiger partial charge in [0.25, 0.3) is 0 Å². The fraction of sp³-hybridized carbons (Fsp3) is 0.200. The second-order valence-corrected chi connectivity index (χ2v) is 8.77. The molecule has 5 heteroatoms. The van der Waals surface area contributed by atoms with Crippen LogP contribution in [-0.2, 0) is 14.1 Å². The molecule has 2 nitrogen and oxygen atoms in total.